The first-order valence-corrected chi connectivity index (χ1v) is 14.9. The molecule has 3 fully saturated rings. The fourth-order valence-corrected chi connectivity index (χ4v) is 4.80. The van der Waals surface area contributed by atoms with Crippen LogP contribution in [-0.4, -0.2) is 69.5 Å². The van der Waals surface area contributed by atoms with E-state index in [1.165, 1.54) is 51.4 Å². The maximum atomic E-state index is 5.74. The molecule has 187 valence electrons. The number of fused-ring (bicyclic) bond motifs is 2. The molecule has 0 unspecified atom stereocenters. The van der Waals surface area contributed by atoms with Gasteiger partial charge in [-0.2, -0.15) is 62.9 Å². The van der Waals surface area contributed by atoms with Crippen molar-refractivity contribution >= 4 is 20.2 Å². The van der Waals surface area contributed by atoms with E-state index in [-0.39, 0.29) is 18.8 Å². The molecule has 6 nitrogen and oxygen atoms in total. The van der Waals surface area contributed by atoms with Crippen molar-refractivity contribution in [1.82, 2.24) is 0 Å². The molecule has 0 radical (unpaired) electrons. The Bertz CT molecular complexity index is 441. The van der Waals surface area contributed by atoms with E-state index in [0.29, 0.717) is 30.2 Å². The Kier molecular flexibility index (Phi) is 15.7. The van der Waals surface area contributed by atoms with Crippen molar-refractivity contribution in [3.8, 4) is 0 Å². The first kappa shape index (κ1) is 27.1. The van der Waals surface area contributed by atoms with Crippen LogP contribution in [0, 0.1) is 0 Å². The SMILES string of the molecule is NCCC[C@H]1C[N-][C@H]2CCCC[C@H]2[N-]CC[N-][C@H]2CCCC[C@H]2[N-]CC[N-]1.[Cl][Mn][Cl].[HH].[HH].[HH].[HH]. The molecule has 5 atom stereocenters. The van der Waals surface area contributed by atoms with Crippen LogP contribution in [0.15, 0.2) is 0 Å². The first-order chi connectivity index (χ1) is 14.8. The van der Waals surface area contributed by atoms with Crippen molar-refractivity contribution < 1.29 is 18.8 Å². The summed E-state index contributed by atoms with van der Waals surface area (Å²) in [4.78, 5) is 0. The molecule has 0 bridgehead atoms. The van der Waals surface area contributed by atoms with Crippen molar-refractivity contribution in [1.29, 1.82) is 0 Å². The summed E-state index contributed by atoms with van der Waals surface area (Å²) in [6.07, 6.45) is 12.0. The van der Waals surface area contributed by atoms with Crippen molar-refractivity contribution in [2.75, 3.05) is 39.3 Å². The van der Waals surface area contributed by atoms with Crippen LogP contribution in [0.3, 0.4) is 0 Å². The van der Waals surface area contributed by atoms with Gasteiger partial charge in [0.25, 0.3) is 0 Å². The monoisotopic (exact) mass is 508 g/mol. The summed E-state index contributed by atoms with van der Waals surface area (Å²) in [5.41, 5.74) is 5.74. The Balaban J connectivity index is -0.00000130. The van der Waals surface area contributed by atoms with Gasteiger partial charge in [-0.15, -0.1) is 0 Å². The predicted molar refractivity (Wildman–Crippen MR) is 135 cm³/mol. The molecular formula is C21H47Cl2MnN6-5. The maximum Gasteiger partial charge on any atom is 0 e. The summed E-state index contributed by atoms with van der Waals surface area (Å²) in [6, 6.07) is 1.93. The Morgan fingerprint density at radius 1 is 0.700 bits per heavy atom. The van der Waals surface area contributed by atoms with E-state index in [4.69, 9.17) is 52.5 Å². The molecule has 0 aromatic heterocycles. The number of nitrogens with two attached hydrogens (primary N) is 1. The summed E-state index contributed by atoms with van der Waals surface area (Å²) in [5, 5.41) is 25.0. The second kappa shape index (κ2) is 17.4. The minimum atomic E-state index is 0. The quantitative estimate of drug-likeness (QED) is 0.409. The zero-order chi connectivity index (χ0) is 21.4. The number of nitrogens with zero attached hydrogens (tertiary/aromatic N) is 5. The molecule has 2 saturated carbocycles. The fraction of sp³-hybridized carbons (Fsp3) is 1.00. The van der Waals surface area contributed by atoms with Crippen molar-refractivity contribution in [3.05, 3.63) is 26.6 Å². The van der Waals surface area contributed by atoms with E-state index in [1.807, 2.05) is 0 Å². The first-order valence-electron chi connectivity index (χ1n) is 11.7. The second-order valence-corrected chi connectivity index (χ2v) is 10.4. The van der Waals surface area contributed by atoms with Crippen molar-refractivity contribution in [2.45, 2.75) is 94.4 Å². The number of rotatable bonds is 3. The molecule has 2 N–H and O–H groups in total. The predicted octanol–water partition coefficient (Wildman–Crippen LogP) is 6.96. The van der Waals surface area contributed by atoms with Gasteiger partial charge in [0.15, 0.2) is 0 Å². The van der Waals surface area contributed by atoms with Gasteiger partial charge in [-0.1, -0.05) is 57.8 Å². The van der Waals surface area contributed by atoms with Crippen molar-refractivity contribution in [3.63, 3.8) is 0 Å². The Morgan fingerprint density at radius 2 is 1.10 bits per heavy atom. The Hall–Kier alpha value is 0.859. The molecule has 1 saturated heterocycles. The van der Waals surface area contributed by atoms with Crippen LogP contribution in [0.4, 0.5) is 0 Å². The van der Waals surface area contributed by atoms with Gasteiger partial charge in [0.1, 0.15) is 0 Å². The molecule has 0 aromatic carbocycles. The third kappa shape index (κ3) is 10.7. The molecule has 0 spiro atoms. The largest absolute Gasteiger partial charge is 0 e. The topological polar surface area (TPSA) is 96.5 Å². The average molecular weight is 509 g/mol. The molecule has 9 heteroatoms. The second-order valence-electron chi connectivity index (χ2n) is 8.47. The summed E-state index contributed by atoms with van der Waals surface area (Å²) in [7, 11) is 9.59. The van der Waals surface area contributed by atoms with Crippen LogP contribution in [0.5, 0.6) is 0 Å². The van der Waals surface area contributed by atoms with Crippen LogP contribution >= 0.6 is 20.2 Å². The minimum absolute atomic E-state index is 0. The van der Waals surface area contributed by atoms with Crippen LogP contribution in [0.2, 0.25) is 0 Å². The molecular weight excluding hydrogens is 462 g/mol. The van der Waals surface area contributed by atoms with E-state index in [9.17, 15) is 0 Å². The zero-order valence-corrected chi connectivity index (χ0v) is 20.8. The van der Waals surface area contributed by atoms with Gasteiger partial charge in [-0.25, -0.2) is 0 Å². The molecule has 1 heterocycles. The van der Waals surface area contributed by atoms with E-state index < -0.39 is 0 Å². The molecule has 30 heavy (non-hydrogen) atoms. The van der Waals surface area contributed by atoms with Gasteiger partial charge in [-0.3, -0.25) is 0 Å². The standard InChI is InChI=1S/C21H39N6.2ClH.Mn.4H2/c22-11-5-6-17-16-27-21-10-4-3-9-20(21)26-15-14-25-19-8-2-1-7-18(19)24-13-12-23-17;;;;;;;/h17-21H,1-16,22H2;2*1H;;4*1H/q-5;;;+2;;;;/p-2/t17-,18+,19-,20+,21-;;;;;;;/m0......./s1. The normalized spacial score (nSPS) is 34.3. The summed E-state index contributed by atoms with van der Waals surface area (Å²) in [5.74, 6) is 0. The third-order valence-corrected chi connectivity index (χ3v) is 6.36. The number of hydrogen-bond donors (Lipinski definition) is 1. The van der Waals surface area contributed by atoms with E-state index in [0.717, 1.165) is 52.1 Å². The van der Waals surface area contributed by atoms with Gasteiger partial charge in [0.05, 0.1) is 0 Å². The van der Waals surface area contributed by atoms with Gasteiger partial charge >= 0.3 is 33.3 Å². The number of hydrogen-bond acceptors (Lipinski definition) is 1. The fourth-order valence-electron chi connectivity index (χ4n) is 4.80. The van der Waals surface area contributed by atoms with Crippen LogP contribution < -0.4 is 5.73 Å². The smallest absolute Gasteiger partial charge is 0 e. The molecule has 1 aliphatic heterocycles. The maximum absolute atomic E-state index is 5.74. The molecule has 3 aliphatic rings. The van der Waals surface area contributed by atoms with E-state index in [1.54, 1.807) is 0 Å². The Morgan fingerprint density at radius 3 is 1.53 bits per heavy atom. The molecule has 2 aliphatic carbocycles. The van der Waals surface area contributed by atoms with Crippen LogP contribution in [0.1, 0.15) is 69.9 Å². The van der Waals surface area contributed by atoms with Gasteiger partial charge < -0.3 is 32.3 Å². The third-order valence-electron chi connectivity index (χ3n) is 6.36. The van der Waals surface area contributed by atoms with Crippen LogP contribution in [-0.2, 0) is 13.1 Å². The number of halogens is 2. The van der Waals surface area contributed by atoms with E-state index in [2.05, 4.69) is 0 Å². The minimum Gasteiger partial charge on any atom is 0 e. The van der Waals surface area contributed by atoms with E-state index >= 15 is 0 Å². The average Bonchev–Trinajstić information content (AvgIpc) is 2.77. The van der Waals surface area contributed by atoms with Gasteiger partial charge in [0.2, 0.25) is 0 Å². The van der Waals surface area contributed by atoms with Crippen LogP contribution in [0.25, 0.3) is 26.6 Å². The summed E-state index contributed by atoms with van der Waals surface area (Å²) >= 11 is 0.00694. The molecule has 0 aromatic rings. The van der Waals surface area contributed by atoms with Gasteiger partial charge in [0, 0.05) is 5.71 Å². The zero-order valence-electron chi connectivity index (χ0n) is 18.1. The molecule has 3 rings (SSSR count). The Labute approximate surface area is 204 Å². The molecule has 0 amide bonds. The summed E-state index contributed by atoms with van der Waals surface area (Å²) < 4.78 is 0. The van der Waals surface area contributed by atoms with Gasteiger partial charge in [-0.05, 0) is 13.0 Å². The summed E-state index contributed by atoms with van der Waals surface area (Å²) in [6.45, 7) is 4.97. The van der Waals surface area contributed by atoms with Crippen molar-refractivity contribution in [2.24, 2.45) is 5.73 Å².